The molecule has 2 aliphatic heterocycles. The molecule has 208 valence electrons. The molecule has 2 aliphatic rings. The highest BCUT2D eigenvalue weighted by Gasteiger charge is 2.32. The quantitative estimate of drug-likeness (QED) is 0.325. The summed E-state index contributed by atoms with van der Waals surface area (Å²) in [6.07, 6.45) is 1.81. The zero-order chi connectivity index (χ0) is 27.7. The maximum Gasteiger partial charge on any atom is 0.419 e. The van der Waals surface area contributed by atoms with Crippen molar-refractivity contribution in [1.29, 1.82) is 5.26 Å². The average molecular weight is 553 g/mol. The predicted molar refractivity (Wildman–Crippen MR) is 136 cm³/mol. The molecule has 0 spiro atoms. The van der Waals surface area contributed by atoms with Crippen molar-refractivity contribution in [2.75, 3.05) is 19.7 Å². The van der Waals surface area contributed by atoms with E-state index in [1.807, 2.05) is 0 Å². The van der Waals surface area contributed by atoms with Crippen molar-refractivity contribution in [2.24, 2.45) is 0 Å². The number of hydrogen-bond acceptors (Lipinski definition) is 8. The molecular weight excluding hydrogens is 525 g/mol. The van der Waals surface area contributed by atoms with Gasteiger partial charge in [0.2, 0.25) is 5.88 Å². The van der Waals surface area contributed by atoms with Crippen LogP contribution in [0.1, 0.15) is 42.0 Å². The molecule has 0 saturated carbocycles. The van der Waals surface area contributed by atoms with Crippen molar-refractivity contribution in [2.45, 2.75) is 57.3 Å². The molecule has 40 heavy (non-hydrogen) atoms. The average Bonchev–Trinajstić information content (AvgIpc) is 3.51. The fraction of sp³-hybridized carbons (Fsp3) is 0.444. The Hall–Kier alpha value is -4.02. The molecule has 0 aliphatic carbocycles. The first kappa shape index (κ1) is 26.2. The SMILES string of the molecule is N#Cc1cc2nc(CN3CCC(Oc4cccc(Cn5cc(C(F)(F)F)cn5)n4)CC3)n(C[C@@H]3CCO3)c2cn1. The number of alkyl halides is 3. The third-order valence-corrected chi connectivity index (χ3v) is 7.26. The number of halogens is 3. The molecule has 6 rings (SSSR count). The summed E-state index contributed by atoms with van der Waals surface area (Å²) in [7, 11) is 0. The Kier molecular flexibility index (Phi) is 7.12. The second kappa shape index (κ2) is 10.9. The molecule has 2 saturated heterocycles. The summed E-state index contributed by atoms with van der Waals surface area (Å²) in [5.74, 6) is 1.37. The van der Waals surface area contributed by atoms with Gasteiger partial charge in [0.1, 0.15) is 23.7 Å². The van der Waals surface area contributed by atoms with Crippen LogP contribution in [-0.4, -0.2) is 66.1 Å². The van der Waals surface area contributed by atoms with Gasteiger partial charge in [0.15, 0.2) is 0 Å². The number of nitrogens with zero attached hydrogens (tertiary/aromatic N) is 8. The van der Waals surface area contributed by atoms with Crippen molar-refractivity contribution < 1.29 is 22.6 Å². The number of aromatic nitrogens is 6. The molecule has 4 aromatic rings. The number of imidazole rings is 1. The molecule has 0 radical (unpaired) electrons. The number of likely N-dealkylation sites (tertiary alicyclic amines) is 1. The summed E-state index contributed by atoms with van der Waals surface area (Å²) >= 11 is 0. The van der Waals surface area contributed by atoms with Crippen molar-refractivity contribution in [1.82, 2.24) is 34.2 Å². The van der Waals surface area contributed by atoms with Gasteiger partial charge >= 0.3 is 6.18 Å². The summed E-state index contributed by atoms with van der Waals surface area (Å²) in [6.45, 7) is 3.87. The lowest BCUT2D eigenvalue weighted by Gasteiger charge is -2.32. The van der Waals surface area contributed by atoms with Crippen LogP contribution in [0.2, 0.25) is 0 Å². The lowest BCUT2D eigenvalue weighted by molar-refractivity contribution is -0.137. The minimum absolute atomic E-state index is 0.0230. The molecule has 2 fully saturated rings. The number of pyridine rings is 2. The zero-order valence-corrected chi connectivity index (χ0v) is 21.6. The molecule has 13 heteroatoms. The predicted octanol–water partition coefficient (Wildman–Crippen LogP) is 3.79. The molecule has 0 aromatic carbocycles. The maximum atomic E-state index is 12.9. The Balaban J connectivity index is 1.07. The molecule has 10 nitrogen and oxygen atoms in total. The topological polar surface area (TPSA) is 107 Å². The number of fused-ring (bicyclic) bond motifs is 1. The van der Waals surface area contributed by atoms with Crippen LogP contribution >= 0.6 is 0 Å². The van der Waals surface area contributed by atoms with Gasteiger partial charge in [0.05, 0.1) is 60.4 Å². The second-order valence-electron chi connectivity index (χ2n) is 10.1. The fourth-order valence-corrected chi connectivity index (χ4v) is 5.02. The number of piperidine rings is 1. The smallest absolute Gasteiger partial charge is 0.419 e. The number of hydrogen-bond donors (Lipinski definition) is 0. The minimum Gasteiger partial charge on any atom is -0.474 e. The van der Waals surface area contributed by atoms with Crippen LogP contribution in [-0.2, 0) is 30.5 Å². The Labute approximate surface area is 228 Å². The van der Waals surface area contributed by atoms with E-state index in [2.05, 4.69) is 30.6 Å². The van der Waals surface area contributed by atoms with Crippen LogP contribution in [0.4, 0.5) is 13.2 Å². The van der Waals surface area contributed by atoms with Crippen LogP contribution in [0.3, 0.4) is 0 Å². The highest BCUT2D eigenvalue weighted by Crippen LogP contribution is 2.29. The van der Waals surface area contributed by atoms with Crippen molar-refractivity contribution in [3.8, 4) is 11.9 Å². The summed E-state index contributed by atoms with van der Waals surface area (Å²) in [6, 6.07) is 9.08. The van der Waals surface area contributed by atoms with Gasteiger partial charge in [-0.05, 0) is 25.3 Å². The number of rotatable bonds is 8. The standard InChI is InChI=1S/C27H27F3N8O2/c28-27(29,30)18-12-33-37(14-18)15-19-2-1-3-26(34-19)40-21-4-7-36(8-5-21)17-25-35-23-10-20(11-31)32-13-24(23)38(25)16-22-6-9-39-22/h1-3,10,12-14,21-22H,4-9,15-17H2/t22-/m0/s1. The van der Waals surface area contributed by atoms with Crippen molar-refractivity contribution >= 4 is 11.0 Å². The summed E-state index contributed by atoms with van der Waals surface area (Å²) in [5, 5.41) is 13.0. The van der Waals surface area contributed by atoms with E-state index < -0.39 is 11.7 Å². The first-order chi connectivity index (χ1) is 19.3. The summed E-state index contributed by atoms with van der Waals surface area (Å²) < 4.78 is 53.8. The van der Waals surface area contributed by atoms with Crippen LogP contribution < -0.4 is 4.74 Å². The van der Waals surface area contributed by atoms with E-state index in [4.69, 9.17) is 14.5 Å². The van der Waals surface area contributed by atoms with E-state index in [1.165, 1.54) is 4.68 Å². The van der Waals surface area contributed by atoms with E-state index in [-0.39, 0.29) is 18.8 Å². The highest BCUT2D eigenvalue weighted by molar-refractivity contribution is 5.76. The van der Waals surface area contributed by atoms with E-state index in [9.17, 15) is 18.4 Å². The summed E-state index contributed by atoms with van der Waals surface area (Å²) in [4.78, 5) is 15.9. The van der Waals surface area contributed by atoms with E-state index in [0.717, 1.165) is 68.2 Å². The third-order valence-electron chi connectivity index (χ3n) is 7.26. The fourth-order valence-electron chi connectivity index (χ4n) is 5.02. The number of nitriles is 1. The van der Waals surface area contributed by atoms with Gasteiger partial charge in [-0.3, -0.25) is 9.58 Å². The lowest BCUT2D eigenvalue weighted by atomic mass is 10.1. The minimum atomic E-state index is -4.43. The van der Waals surface area contributed by atoms with Gasteiger partial charge in [-0.2, -0.15) is 23.5 Å². The van der Waals surface area contributed by atoms with Gasteiger partial charge in [0, 0.05) is 38.0 Å². The van der Waals surface area contributed by atoms with E-state index >= 15 is 0 Å². The van der Waals surface area contributed by atoms with Gasteiger partial charge < -0.3 is 14.0 Å². The largest absolute Gasteiger partial charge is 0.474 e. The summed E-state index contributed by atoms with van der Waals surface area (Å²) in [5.41, 5.74) is 1.78. The van der Waals surface area contributed by atoms with Gasteiger partial charge in [-0.15, -0.1) is 0 Å². The Morgan fingerprint density at radius 2 is 1.93 bits per heavy atom. The van der Waals surface area contributed by atoms with Gasteiger partial charge in [-0.1, -0.05) is 6.07 Å². The van der Waals surface area contributed by atoms with Crippen LogP contribution in [0.25, 0.3) is 11.0 Å². The first-order valence-corrected chi connectivity index (χ1v) is 13.2. The third kappa shape index (κ3) is 5.78. The van der Waals surface area contributed by atoms with Crippen molar-refractivity contribution in [3.05, 3.63) is 65.6 Å². The molecule has 0 N–H and O–H groups in total. The van der Waals surface area contributed by atoms with Crippen molar-refractivity contribution in [3.63, 3.8) is 0 Å². The highest BCUT2D eigenvalue weighted by atomic mass is 19.4. The Morgan fingerprint density at radius 3 is 2.62 bits per heavy atom. The monoisotopic (exact) mass is 552 g/mol. The molecule has 0 amide bonds. The molecule has 0 unspecified atom stereocenters. The molecule has 1 atom stereocenters. The molecule has 6 heterocycles. The second-order valence-corrected chi connectivity index (χ2v) is 10.1. The number of ether oxygens (including phenoxy) is 2. The molecule has 4 aromatic heterocycles. The molecular formula is C27H27F3N8O2. The maximum absolute atomic E-state index is 12.9. The Morgan fingerprint density at radius 1 is 1.10 bits per heavy atom. The van der Waals surface area contributed by atoms with Crippen LogP contribution in [0.5, 0.6) is 5.88 Å². The zero-order valence-electron chi connectivity index (χ0n) is 21.6. The van der Waals surface area contributed by atoms with Crippen LogP contribution in [0, 0.1) is 11.3 Å². The first-order valence-electron chi connectivity index (χ1n) is 13.2. The van der Waals surface area contributed by atoms with Gasteiger partial charge in [0.25, 0.3) is 0 Å². The van der Waals surface area contributed by atoms with E-state index in [0.29, 0.717) is 30.4 Å². The van der Waals surface area contributed by atoms with E-state index in [1.54, 1.807) is 30.5 Å². The van der Waals surface area contributed by atoms with Crippen LogP contribution in [0.15, 0.2) is 42.9 Å². The molecule has 0 bridgehead atoms. The normalized spacial score (nSPS) is 18.5. The lowest BCUT2D eigenvalue weighted by Crippen LogP contribution is -2.39. The Bertz CT molecular complexity index is 1530. The van der Waals surface area contributed by atoms with Gasteiger partial charge in [-0.25, -0.2) is 15.0 Å².